The number of nitrogens with one attached hydrogen (secondary N) is 11. The Morgan fingerprint density at radius 3 is 1.47 bits per heavy atom. The second-order valence-corrected chi connectivity index (χ2v) is 31.5. The van der Waals surface area contributed by atoms with Crippen LogP contribution >= 0.6 is 11.6 Å². The molecule has 0 spiro atoms. The van der Waals surface area contributed by atoms with Gasteiger partial charge in [-0.25, -0.2) is 0 Å². The smallest absolute Gasteiger partial charge is 0.303 e. The van der Waals surface area contributed by atoms with Crippen molar-refractivity contribution in [3.8, 4) is 17.2 Å². The van der Waals surface area contributed by atoms with Crippen LogP contribution in [0.5, 0.6) is 17.2 Å². The zero-order valence-corrected chi connectivity index (χ0v) is 82.7. The number of ketones is 5. The quantitative estimate of drug-likeness (QED) is 0.0210. The third-order valence-corrected chi connectivity index (χ3v) is 21.5. The first kappa shape index (κ1) is 115. The summed E-state index contributed by atoms with van der Waals surface area (Å²) in [5.74, 6) is -18.6. The van der Waals surface area contributed by atoms with Crippen molar-refractivity contribution in [3.05, 3.63) is 147 Å². The first-order chi connectivity index (χ1) is 56.4. The third-order valence-electron chi connectivity index (χ3n) is 21.2. The van der Waals surface area contributed by atoms with Gasteiger partial charge in [-0.3, -0.25) is 71.9 Å². The molecular weight excluding hydrogens is 1910 g/mol. The van der Waals surface area contributed by atoms with Crippen LogP contribution in [0.4, 0.5) is 0 Å². The number of amides is 9. The molecule has 5 rings (SSSR count). The first-order valence-corrected chi connectivity index (χ1v) is 40.7. The summed E-state index contributed by atoms with van der Waals surface area (Å²) >= 11 is 6.29. The van der Waals surface area contributed by atoms with E-state index in [9.17, 15) is 97.5 Å². The number of nitrogens with two attached hydrogens (primary N) is 1. The number of primary amides is 1. The fourth-order valence-corrected chi connectivity index (χ4v) is 14.2. The van der Waals surface area contributed by atoms with E-state index in [1.54, 1.807) is 71.0 Å². The van der Waals surface area contributed by atoms with Crippen molar-refractivity contribution in [2.24, 2.45) is 47.2 Å². The first-order valence-electron chi connectivity index (χ1n) is 40.4. The molecule has 1 aliphatic heterocycles. The molecule has 1 fully saturated rings. The standard InChI is InChI=1S/C85H116ClN13O20.4Y/c1-7-48(6)77(74(108)39-54(19-26-75(91)109)78(112)92-43-51-10-12-52(13-11-51)44-93-83(117)64(89)28-30-87)98-82(116)58(33-49-14-21-59(100)22-15-49)40-71(105)66(8-2)95-81(115)56(32-47(4)5)37-61(102)45-94-79(113)57(34-53-18-25-70(104)63(86)35-53)41-73(107)69-42-62(103)46-99(69)85(119)67(9-3)96-80(114)55(20-27-76(110)111)38-72(106)68(97-84(118)65(90)29-31-88)36-50-16-23-60(101)24-17-50;;;;/h10-18,21-25,35,47-48,54-58,62,64-69,77,87-90,100-101,103-104H,7-9,19-20,26-34,36-46H2,1-6H3,(H2,91,109)(H,92,112)(H,93,117)(H,94,113)(H,95,115)(H,96,114)(H,97,118)(H,98,116)(H,110,111);;;;/q-4;;;;/t48-,54?,55-,56?,57?,58?,62?,64?,65-,66-,67-,68-,69-,77-;;;;/m0..../s1. The number of carboxylic acid groups (broad SMARTS) is 1. The van der Waals surface area contributed by atoms with E-state index in [0.717, 1.165) is 4.90 Å². The molecule has 6 unspecified atom stereocenters. The van der Waals surface area contributed by atoms with Crippen molar-refractivity contribution in [1.29, 1.82) is 0 Å². The molecule has 4 aromatic carbocycles. The van der Waals surface area contributed by atoms with Gasteiger partial charge in [-0.1, -0.05) is 139 Å². The summed E-state index contributed by atoms with van der Waals surface area (Å²) in [5.41, 5.74) is 39.0. The number of likely N-dealkylation sites (tertiary alicyclic amines) is 1. The number of carbonyl (C=O) groups excluding carboxylic acids is 14. The number of halogens is 1. The Bertz CT molecular complexity index is 4160. The largest absolute Gasteiger partial charge is 0.677 e. The van der Waals surface area contributed by atoms with Gasteiger partial charge in [-0.05, 0) is 127 Å². The normalized spacial score (nSPS) is 15.7. The molecule has 33 nitrogen and oxygen atoms in total. The topological polar surface area (TPSA) is 566 Å². The maximum Gasteiger partial charge on any atom is 0.303 e. The van der Waals surface area contributed by atoms with E-state index in [1.807, 2.05) is 0 Å². The third kappa shape index (κ3) is 40.0. The number of hydrogen-bond acceptors (Lipinski definition) is 19. The van der Waals surface area contributed by atoms with Crippen molar-refractivity contribution < 1.29 is 228 Å². The Balaban J connectivity index is 0.0000189. The molecule has 1 aliphatic rings. The number of phenols is 3. The van der Waals surface area contributed by atoms with Gasteiger partial charge in [-0.15, -0.1) is 0 Å². The van der Waals surface area contributed by atoms with Crippen LogP contribution in [0.3, 0.4) is 0 Å². The molecule has 0 saturated carbocycles. The number of phenolic OH excluding ortho intramolecular Hbond substituents is 3. The summed E-state index contributed by atoms with van der Waals surface area (Å²) in [7, 11) is 0. The average Bonchev–Trinajstić information content (AvgIpc) is 1.67. The van der Waals surface area contributed by atoms with E-state index in [-0.39, 0.29) is 256 Å². The molecule has 664 valence electrons. The molecule has 123 heavy (non-hydrogen) atoms. The zero-order valence-electron chi connectivity index (χ0n) is 70.6. The molecule has 0 aromatic heterocycles. The number of benzene rings is 4. The van der Waals surface area contributed by atoms with Crippen LogP contribution in [0.2, 0.25) is 5.02 Å². The molecule has 0 aliphatic carbocycles. The Hall–Kier alpha value is -6.16. The molecular formula is C85H116ClN13O20Y4-4. The van der Waals surface area contributed by atoms with Crippen LogP contribution in [0, 0.1) is 41.4 Å². The number of carbonyl (C=O) groups is 15. The Morgan fingerprint density at radius 2 is 0.943 bits per heavy atom. The minimum Gasteiger partial charge on any atom is -0.677 e. The van der Waals surface area contributed by atoms with Gasteiger partial charge >= 0.3 is 5.97 Å². The molecule has 38 heteroatoms. The minimum atomic E-state index is -1.43. The molecule has 18 N–H and O–H groups in total. The summed E-state index contributed by atoms with van der Waals surface area (Å²) in [6.45, 7) is 9.00. The summed E-state index contributed by atoms with van der Waals surface area (Å²) in [6, 6.07) is 13.4. The number of β-amino-alcohol motifs (C(OH)–C–C–N with tert-alkyl or cyclic N) is 1. The van der Waals surface area contributed by atoms with Crippen molar-refractivity contribution in [3.63, 3.8) is 0 Å². The van der Waals surface area contributed by atoms with E-state index in [1.165, 1.54) is 61.5 Å². The number of aromatic hydroxyl groups is 3. The number of hydrogen-bond donors (Lipinski definition) is 13. The fraction of sp³-hybridized carbons (Fsp3) is 0.541. The van der Waals surface area contributed by atoms with Crippen LogP contribution in [0.15, 0.2) is 91.0 Å². The van der Waals surface area contributed by atoms with Gasteiger partial charge in [0.25, 0.3) is 0 Å². The number of carboxylic acids is 1. The predicted octanol–water partition coefficient (Wildman–Crippen LogP) is 7.07. The molecule has 4 aromatic rings. The van der Waals surface area contributed by atoms with Gasteiger partial charge in [-0.2, -0.15) is 13.1 Å². The minimum absolute atomic E-state index is 0. The van der Waals surface area contributed by atoms with E-state index in [0.29, 0.717) is 34.2 Å². The molecule has 4 radical (unpaired) electrons. The summed E-state index contributed by atoms with van der Waals surface area (Å²) in [6.07, 6.45) is -5.80. The maximum atomic E-state index is 14.8. The van der Waals surface area contributed by atoms with Crippen molar-refractivity contribution >= 4 is 99.7 Å². The van der Waals surface area contributed by atoms with E-state index < -0.39 is 230 Å². The number of aliphatic carboxylic acids is 1. The average molecular weight is 2030 g/mol. The number of rotatable bonds is 54. The van der Waals surface area contributed by atoms with Crippen LogP contribution < -0.4 is 43.0 Å². The summed E-state index contributed by atoms with van der Waals surface area (Å²) < 4.78 is 0. The van der Waals surface area contributed by atoms with Gasteiger partial charge in [0.1, 0.15) is 23.3 Å². The van der Waals surface area contributed by atoms with Gasteiger partial charge in [0.15, 0.2) is 28.9 Å². The summed E-state index contributed by atoms with van der Waals surface area (Å²) in [5, 5.41) is 69.8. The van der Waals surface area contributed by atoms with Crippen molar-refractivity contribution in [1.82, 2.24) is 42.1 Å². The number of aliphatic hydroxyl groups excluding tert-OH is 1. The van der Waals surface area contributed by atoms with Crippen molar-refractivity contribution in [2.75, 3.05) is 26.2 Å². The maximum absolute atomic E-state index is 14.8. The van der Waals surface area contributed by atoms with E-state index in [4.69, 9.17) is 40.3 Å². The van der Waals surface area contributed by atoms with Crippen LogP contribution in [0.1, 0.15) is 172 Å². The monoisotopic (exact) mass is 2030 g/mol. The molecule has 1 heterocycles. The van der Waals surface area contributed by atoms with Crippen LogP contribution in [0.25, 0.3) is 22.9 Å². The Morgan fingerprint density at radius 1 is 0.496 bits per heavy atom. The Labute approximate surface area is 823 Å². The van der Waals surface area contributed by atoms with E-state index >= 15 is 0 Å². The van der Waals surface area contributed by atoms with E-state index in [2.05, 4.69) is 37.2 Å². The number of aliphatic hydroxyl groups is 1. The molecule has 14 atom stereocenters. The van der Waals surface area contributed by atoms with Gasteiger partial charge in [0, 0.05) is 231 Å². The van der Waals surface area contributed by atoms with Crippen LogP contribution in [-0.2, 0) is 235 Å². The molecule has 9 amide bonds. The Kier molecular flexibility index (Phi) is 55.1. The number of Topliss-reactive ketones (excluding diaryl/α,β-unsaturated/α-hetero) is 5. The van der Waals surface area contributed by atoms with Gasteiger partial charge < -0.3 is 96.3 Å². The second-order valence-electron chi connectivity index (χ2n) is 31.1. The fourth-order valence-electron chi connectivity index (χ4n) is 14.0. The van der Waals surface area contributed by atoms with Crippen molar-refractivity contribution in [2.45, 2.75) is 225 Å². The number of nitrogens with zero attached hydrogens (tertiary/aromatic N) is 1. The second kappa shape index (κ2) is 59.1. The molecule has 0 bridgehead atoms. The SMILES string of the molecule is CC[C@H](NC(=O)C(CC(=O)CNC(=O)C(CC(=O)[C@@H]1CC(O)CN1C(=O)[C@H](CC)NC(=O)[C@@H](CCC(=O)O)CC(=O)[C@H](Cc1ccc(O)cc1)NC(=O)[C@@H]([NH-])CC[NH-])Cc1ccc(O)c(Cl)c1)CC(C)C)C(=O)CC(Cc1ccc(O)cc1)C(=O)N[C@H](C(=O)CC(CCC(N)=O)C(=O)NCc1ccc(CNC(=O)C([NH-])CC[NH-])cc1)[C@@H](C)CC.[Y].[Y].[Y].[Y]. The van der Waals surface area contributed by atoms with Crippen LogP contribution in [-0.4, -0.2) is 193 Å². The zero-order chi connectivity index (χ0) is 88.3. The van der Waals surface area contributed by atoms with Gasteiger partial charge in [0.05, 0.1) is 41.8 Å². The summed E-state index contributed by atoms with van der Waals surface area (Å²) in [4.78, 5) is 209. The molecule has 1 saturated heterocycles. The van der Waals surface area contributed by atoms with Gasteiger partial charge in [0.2, 0.25) is 53.2 Å². The predicted molar refractivity (Wildman–Crippen MR) is 442 cm³/mol.